The number of piperidine rings is 2. The van der Waals surface area contributed by atoms with E-state index in [0.717, 1.165) is 39.3 Å². The second-order valence-electron chi connectivity index (χ2n) is 8.89. The Kier molecular flexibility index (Phi) is 8.14. The van der Waals surface area contributed by atoms with E-state index in [1.54, 1.807) is 19.1 Å². The molecular weight excluding hydrogens is 434 g/mol. The van der Waals surface area contributed by atoms with Crippen LogP contribution in [0.4, 0.5) is 0 Å². The van der Waals surface area contributed by atoms with Crippen LogP contribution in [0.15, 0.2) is 29.2 Å². The van der Waals surface area contributed by atoms with Crippen molar-refractivity contribution in [3.8, 4) is 6.07 Å². The van der Waals surface area contributed by atoms with E-state index in [1.807, 2.05) is 6.07 Å². The van der Waals surface area contributed by atoms with Gasteiger partial charge in [-0.1, -0.05) is 6.92 Å². The molecular formula is C22H33N3O4S2. The molecule has 0 aliphatic carbocycles. The first-order valence-electron chi connectivity index (χ1n) is 11.1. The van der Waals surface area contributed by atoms with Gasteiger partial charge in [0.15, 0.2) is 9.84 Å². The van der Waals surface area contributed by atoms with Crippen LogP contribution in [-0.4, -0.2) is 83.2 Å². The smallest absolute Gasteiger partial charge is 0.178 e. The summed E-state index contributed by atoms with van der Waals surface area (Å²) in [6.07, 6.45) is 2.51. The highest BCUT2D eigenvalue weighted by Gasteiger charge is 2.33. The summed E-state index contributed by atoms with van der Waals surface area (Å²) in [5, 5.41) is 8.85. The number of benzene rings is 1. The molecule has 0 spiro atoms. The Morgan fingerprint density at radius 3 is 1.90 bits per heavy atom. The zero-order valence-electron chi connectivity index (χ0n) is 18.2. The lowest BCUT2D eigenvalue weighted by Gasteiger charge is -2.46. The number of rotatable bonds is 10. The number of hydrogen-bond donors (Lipinski definition) is 0. The van der Waals surface area contributed by atoms with Crippen molar-refractivity contribution in [1.29, 1.82) is 5.26 Å². The molecule has 2 aliphatic rings. The molecule has 9 heteroatoms. The van der Waals surface area contributed by atoms with Crippen molar-refractivity contribution in [3.63, 3.8) is 0 Å². The van der Waals surface area contributed by atoms with Gasteiger partial charge < -0.3 is 9.80 Å². The van der Waals surface area contributed by atoms with Crippen LogP contribution in [0.25, 0.3) is 0 Å². The van der Waals surface area contributed by atoms with Crippen LogP contribution < -0.4 is 0 Å². The molecule has 0 aromatic heterocycles. The maximum Gasteiger partial charge on any atom is 0.178 e. The maximum atomic E-state index is 12.6. The Balaban J connectivity index is 1.42. The summed E-state index contributed by atoms with van der Waals surface area (Å²) in [6.45, 7) is 7.29. The minimum atomic E-state index is -3.33. The van der Waals surface area contributed by atoms with Gasteiger partial charge in [0.25, 0.3) is 0 Å². The molecule has 0 amide bonds. The van der Waals surface area contributed by atoms with Gasteiger partial charge in [-0.3, -0.25) is 0 Å². The average Bonchev–Trinajstić information content (AvgIpc) is 2.73. The third kappa shape index (κ3) is 7.01. The molecule has 0 N–H and O–H groups in total. The molecule has 2 unspecified atom stereocenters. The van der Waals surface area contributed by atoms with Crippen molar-refractivity contribution in [2.75, 3.05) is 56.5 Å². The van der Waals surface area contributed by atoms with Crippen LogP contribution in [0.3, 0.4) is 0 Å². The van der Waals surface area contributed by atoms with Gasteiger partial charge in [-0.2, -0.15) is 5.26 Å². The quantitative estimate of drug-likeness (QED) is 0.517. The average molecular weight is 468 g/mol. The summed E-state index contributed by atoms with van der Waals surface area (Å²) < 4.78 is 48.5. The van der Waals surface area contributed by atoms with Crippen LogP contribution >= 0.6 is 0 Å². The molecule has 172 valence electrons. The summed E-state index contributed by atoms with van der Waals surface area (Å²) in [4.78, 5) is 5.09. The summed E-state index contributed by atoms with van der Waals surface area (Å²) in [7, 11) is -6.22. The highest BCUT2D eigenvalue weighted by molar-refractivity contribution is 7.91. The highest BCUT2D eigenvalue weighted by atomic mass is 32.2. The van der Waals surface area contributed by atoms with E-state index in [1.165, 1.54) is 18.6 Å². The number of nitrogens with zero attached hydrogens (tertiary/aromatic N) is 3. The molecule has 1 aromatic carbocycles. The minimum absolute atomic E-state index is 0.114. The monoisotopic (exact) mass is 467 g/mol. The number of hydrogen-bond acceptors (Lipinski definition) is 7. The normalized spacial score (nSPS) is 22.8. The molecule has 0 saturated carbocycles. The highest BCUT2D eigenvalue weighted by Crippen LogP contribution is 2.29. The summed E-state index contributed by atoms with van der Waals surface area (Å²) >= 11 is 0. The number of fused-ring (bicyclic) bond motifs is 2. The van der Waals surface area contributed by atoms with E-state index in [-0.39, 0.29) is 22.2 Å². The van der Waals surface area contributed by atoms with E-state index >= 15 is 0 Å². The lowest BCUT2D eigenvalue weighted by atomic mass is 9.84. The van der Waals surface area contributed by atoms with E-state index in [4.69, 9.17) is 5.26 Å². The molecule has 2 heterocycles. The molecule has 7 nitrogen and oxygen atoms in total. The molecule has 2 aliphatic heterocycles. The van der Waals surface area contributed by atoms with Crippen molar-refractivity contribution >= 4 is 19.7 Å². The molecule has 1 aromatic rings. The van der Waals surface area contributed by atoms with Gasteiger partial charge in [0.05, 0.1) is 28.0 Å². The van der Waals surface area contributed by atoms with E-state index in [0.29, 0.717) is 30.2 Å². The Labute approximate surface area is 186 Å². The van der Waals surface area contributed by atoms with Gasteiger partial charge in [-0.05, 0) is 68.5 Å². The molecule has 31 heavy (non-hydrogen) atoms. The van der Waals surface area contributed by atoms with E-state index < -0.39 is 19.7 Å². The lowest BCUT2D eigenvalue weighted by Crippen LogP contribution is -2.53. The number of likely N-dealkylation sites (tertiary alicyclic amines) is 2. The topological polar surface area (TPSA) is 98.6 Å². The largest absolute Gasteiger partial charge is 0.303 e. The van der Waals surface area contributed by atoms with Crippen molar-refractivity contribution in [3.05, 3.63) is 29.8 Å². The van der Waals surface area contributed by atoms with Crippen LogP contribution in [0.5, 0.6) is 0 Å². The van der Waals surface area contributed by atoms with Gasteiger partial charge in [0.1, 0.15) is 9.84 Å². The number of sulfone groups is 2. The Morgan fingerprint density at radius 2 is 1.42 bits per heavy atom. The zero-order valence-corrected chi connectivity index (χ0v) is 19.9. The predicted octanol–water partition coefficient (Wildman–Crippen LogP) is 1.80. The van der Waals surface area contributed by atoms with Gasteiger partial charge in [0.2, 0.25) is 0 Å². The molecule has 0 radical (unpaired) electrons. The van der Waals surface area contributed by atoms with Gasteiger partial charge >= 0.3 is 0 Å². The third-order valence-electron chi connectivity index (χ3n) is 6.33. The van der Waals surface area contributed by atoms with Crippen molar-refractivity contribution in [1.82, 2.24) is 9.80 Å². The molecule has 2 fully saturated rings. The first-order chi connectivity index (χ1) is 14.7. The molecule has 3 rings (SSSR count). The van der Waals surface area contributed by atoms with E-state index in [9.17, 15) is 16.8 Å². The van der Waals surface area contributed by atoms with Gasteiger partial charge in [-0.25, -0.2) is 16.8 Å². The zero-order chi connectivity index (χ0) is 22.5. The molecule has 2 atom stereocenters. The van der Waals surface area contributed by atoms with Crippen molar-refractivity contribution < 1.29 is 16.8 Å². The van der Waals surface area contributed by atoms with Crippen molar-refractivity contribution in [2.24, 2.45) is 11.8 Å². The van der Waals surface area contributed by atoms with Gasteiger partial charge in [-0.15, -0.1) is 0 Å². The fourth-order valence-electron chi connectivity index (χ4n) is 4.85. The maximum absolute atomic E-state index is 12.6. The summed E-state index contributed by atoms with van der Waals surface area (Å²) in [6, 6.07) is 8.12. The first kappa shape index (κ1) is 24.2. The molecule has 2 bridgehead atoms. The third-order valence-corrected chi connectivity index (χ3v) is 9.94. The predicted molar refractivity (Wildman–Crippen MR) is 121 cm³/mol. The van der Waals surface area contributed by atoms with Gasteiger partial charge in [0, 0.05) is 31.9 Å². The Morgan fingerprint density at radius 1 is 0.903 bits per heavy atom. The summed E-state index contributed by atoms with van der Waals surface area (Å²) in [5.41, 5.74) is 0.458. The van der Waals surface area contributed by atoms with Crippen LogP contribution in [0.2, 0.25) is 0 Å². The minimum Gasteiger partial charge on any atom is -0.303 e. The SMILES string of the molecule is CCS(=O)(=O)CCCN1CC2CC(C1)CN(CCCS(=O)(=O)c1ccc(C#N)cc1)C2. The fraction of sp³-hybridized carbons (Fsp3) is 0.682. The van der Waals surface area contributed by atoms with E-state index in [2.05, 4.69) is 9.80 Å². The van der Waals surface area contributed by atoms with Crippen LogP contribution in [-0.2, 0) is 19.7 Å². The Hall–Kier alpha value is -1.47. The lowest BCUT2D eigenvalue weighted by molar-refractivity contribution is 0.0317. The van der Waals surface area contributed by atoms with Crippen LogP contribution in [0.1, 0.15) is 31.7 Å². The second-order valence-corrected chi connectivity index (χ2v) is 13.5. The molecule has 2 saturated heterocycles. The fourth-order valence-corrected chi connectivity index (χ4v) is 7.00. The van der Waals surface area contributed by atoms with Crippen molar-refractivity contribution in [2.45, 2.75) is 31.1 Å². The second kappa shape index (κ2) is 10.4. The standard InChI is InChI=1S/C22H33N3O4S2/c1-2-30(26,27)11-3-9-24-15-20-13-21(16-24)18-25(17-20)10-4-12-31(28,29)22-7-5-19(14-23)6-8-22/h5-8,20-21H,2-4,9-13,15-18H2,1H3. The summed E-state index contributed by atoms with van der Waals surface area (Å²) in [5.74, 6) is 1.75. The number of nitriles is 1. The first-order valence-corrected chi connectivity index (χ1v) is 14.6. The van der Waals surface area contributed by atoms with Crippen LogP contribution in [0, 0.1) is 23.2 Å². The Bertz CT molecular complexity index is 971.